The summed E-state index contributed by atoms with van der Waals surface area (Å²) < 4.78 is 55.1. The van der Waals surface area contributed by atoms with Crippen LogP contribution in [0.1, 0.15) is 42.5 Å². The Labute approximate surface area is 221 Å². The normalized spacial score (nSPS) is 15.1. The second-order valence-corrected chi connectivity index (χ2v) is 9.94. The van der Waals surface area contributed by atoms with Gasteiger partial charge < -0.3 is 13.7 Å². The number of piperidine rings is 1. The maximum absolute atomic E-state index is 15.3. The van der Waals surface area contributed by atoms with Crippen LogP contribution < -0.4 is 5.69 Å². The fraction of sp³-hybridized carbons (Fsp3) is 0.321. The fourth-order valence-corrected chi connectivity index (χ4v) is 5.20. The number of nitrogens with zero attached hydrogens (tertiary/aromatic N) is 5. The summed E-state index contributed by atoms with van der Waals surface area (Å²) in [6.45, 7) is 3.61. The Bertz CT molecular complexity index is 1710. The second kappa shape index (κ2) is 9.88. The van der Waals surface area contributed by atoms with E-state index >= 15 is 4.39 Å². The van der Waals surface area contributed by atoms with E-state index in [1.54, 1.807) is 4.57 Å². The lowest BCUT2D eigenvalue weighted by Gasteiger charge is -2.29. The lowest BCUT2D eigenvalue weighted by Crippen LogP contribution is -2.36. The zero-order valence-electron chi connectivity index (χ0n) is 21.4. The van der Waals surface area contributed by atoms with Crippen molar-refractivity contribution in [2.24, 2.45) is 0 Å². The largest absolute Gasteiger partial charge is 0.461 e. The average Bonchev–Trinajstić information content (AvgIpc) is 3.64. The molecule has 1 fully saturated rings. The predicted molar refractivity (Wildman–Crippen MR) is 138 cm³/mol. The van der Waals surface area contributed by atoms with Crippen molar-refractivity contribution in [1.82, 2.24) is 24.2 Å². The van der Waals surface area contributed by atoms with Crippen molar-refractivity contribution in [3.05, 3.63) is 82.0 Å². The van der Waals surface area contributed by atoms with Gasteiger partial charge >= 0.3 is 12.1 Å². The van der Waals surface area contributed by atoms with Crippen molar-refractivity contribution in [3.8, 4) is 22.8 Å². The van der Waals surface area contributed by atoms with E-state index in [0.29, 0.717) is 11.3 Å². The van der Waals surface area contributed by atoms with E-state index in [1.165, 1.54) is 12.1 Å². The Hall–Kier alpha value is -4.12. The highest BCUT2D eigenvalue weighted by molar-refractivity contribution is 5.82. The fourth-order valence-electron chi connectivity index (χ4n) is 5.20. The molecule has 0 radical (unpaired) electrons. The number of halogens is 3. The Kier molecular flexibility index (Phi) is 6.38. The molecule has 8 nitrogen and oxygen atoms in total. The Morgan fingerprint density at radius 2 is 1.74 bits per heavy atom. The van der Waals surface area contributed by atoms with Gasteiger partial charge in [0.2, 0.25) is 5.89 Å². The van der Waals surface area contributed by atoms with Crippen LogP contribution in [-0.2, 0) is 6.54 Å². The molecule has 0 unspecified atom stereocenters. The molecule has 4 heterocycles. The van der Waals surface area contributed by atoms with E-state index in [1.807, 2.05) is 41.8 Å². The SMILES string of the molecule is Cc1ccc(-c2ccc3c(c2)n(Cc2ccc(-c4nnc(C(F)F)o4)cc2F)c(=O)n3C2CCN(C)CC2)o1. The molecule has 6 rings (SSSR count). The number of fused-ring (bicyclic) bond motifs is 1. The molecule has 1 saturated heterocycles. The minimum absolute atomic E-state index is 0.0200. The van der Waals surface area contributed by atoms with Gasteiger partial charge in [0.15, 0.2) is 0 Å². The van der Waals surface area contributed by atoms with Crippen molar-refractivity contribution in [2.45, 2.75) is 38.8 Å². The number of likely N-dealkylation sites (tertiary alicyclic amines) is 1. The van der Waals surface area contributed by atoms with Crippen LogP contribution in [0.4, 0.5) is 13.2 Å². The first-order valence-corrected chi connectivity index (χ1v) is 12.7. The lowest BCUT2D eigenvalue weighted by atomic mass is 10.0. The zero-order valence-corrected chi connectivity index (χ0v) is 21.4. The Balaban J connectivity index is 1.42. The second-order valence-electron chi connectivity index (χ2n) is 9.94. The van der Waals surface area contributed by atoms with Gasteiger partial charge in [-0.05, 0) is 82.4 Å². The highest BCUT2D eigenvalue weighted by atomic mass is 19.3. The summed E-state index contributed by atoms with van der Waals surface area (Å²) in [5.74, 6) is -0.196. The van der Waals surface area contributed by atoms with Crippen LogP contribution in [0.3, 0.4) is 0 Å². The van der Waals surface area contributed by atoms with E-state index in [2.05, 4.69) is 22.1 Å². The highest BCUT2D eigenvalue weighted by Crippen LogP contribution is 2.31. The number of rotatable bonds is 6. The maximum Gasteiger partial charge on any atom is 0.329 e. The molecule has 0 N–H and O–H groups in total. The third-order valence-corrected chi connectivity index (χ3v) is 7.30. The van der Waals surface area contributed by atoms with Gasteiger partial charge in [0.1, 0.15) is 17.3 Å². The molecule has 0 saturated carbocycles. The summed E-state index contributed by atoms with van der Waals surface area (Å²) in [6, 6.07) is 13.7. The van der Waals surface area contributed by atoms with Gasteiger partial charge in [0, 0.05) is 22.7 Å². The molecule has 0 spiro atoms. The molecular weight excluding hydrogens is 511 g/mol. The van der Waals surface area contributed by atoms with Gasteiger partial charge in [-0.15, -0.1) is 10.2 Å². The van der Waals surface area contributed by atoms with Crippen LogP contribution in [-0.4, -0.2) is 44.4 Å². The topological polar surface area (TPSA) is 82.2 Å². The summed E-state index contributed by atoms with van der Waals surface area (Å²) in [5.41, 5.74) is 2.49. The van der Waals surface area contributed by atoms with Crippen molar-refractivity contribution in [2.75, 3.05) is 20.1 Å². The molecule has 1 aliphatic rings. The standard InChI is InChI=1S/C28H26F3N5O3/c1-16-3-8-24(38-16)17-6-7-22-23(14-17)35(28(37)36(22)20-9-11-34(2)12-10-20)15-19-5-4-18(13-21(19)29)26-32-33-27(39-26)25(30)31/h3-8,13-14,20,25H,9-12,15H2,1-2H3. The van der Waals surface area contributed by atoms with Crippen LogP contribution in [0.25, 0.3) is 33.8 Å². The van der Waals surface area contributed by atoms with Gasteiger partial charge in [0.05, 0.1) is 17.6 Å². The van der Waals surface area contributed by atoms with Crippen LogP contribution >= 0.6 is 0 Å². The Morgan fingerprint density at radius 3 is 2.41 bits per heavy atom. The number of furan rings is 1. The minimum Gasteiger partial charge on any atom is -0.461 e. The lowest BCUT2D eigenvalue weighted by molar-refractivity contribution is 0.116. The quantitative estimate of drug-likeness (QED) is 0.272. The molecule has 1 aliphatic heterocycles. The van der Waals surface area contributed by atoms with Gasteiger partial charge in [-0.3, -0.25) is 9.13 Å². The molecule has 3 aromatic heterocycles. The first-order chi connectivity index (χ1) is 18.8. The highest BCUT2D eigenvalue weighted by Gasteiger charge is 2.25. The summed E-state index contributed by atoms with van der Waals surface area (Å²) in [4.78, 5) is 16.1. The number of imidazole rings is 1. The third kappa shape index (κ3) is 4.67. The zero-order chi connectivity index (χ0) is 27.3. The number of aromatic nitrogens is 4. The van der Waals surface area contributed by atoms with E-state index in [0.717, 1.165) is 48.8 Å². The summed E-state index contributed by atoms with van der Waals surface area (Å²) >= 11 is 0. The monoisotopic (exact) mass is 537 g/mol. The van der Waals surface area contributed by atoms with Crippen LogP contribution in [0.2, 0.25) is 0 Å². The van der Waals surface area contributed by atoms with Crippen LogP contribution in [0, 0.1) is 12.7 Å². The molecule has 0 amide bonds. The maximum atomic E-state index is 15.3. The number of aryl methyl sites for hydroxylation is 1. The molecule has 39 heavy (non-hydrogen) atoms. The molecule has 0 atom stereocenters. The van der Waals surface area contributed by atoms with Crippen molar-refractivity contribution in [3.63, 3.8) is 0 Å². The van der Waals surface area contributed by atoms with Crippen molar-refractivity contribution >= 4 is 11.0 Å². The minimum atomic E-state index is -2.92. The van der Waals surface area contributed by atoms with Gasteiger partial charge in [-0.25, -0.2) is 9.18 Å². The van der Waals surface area contributed by atoms with E-state index < -0.39 is 18.1 Å². The molecule has 0 aliphatic carbocycles. The summed E-state index contributed by atoms with van der Waals surface area (Å²) in [5, 5.41) is 6.88. The number of hydrogen-bond acceptors (Lipinski definition) is 6. The molecule has 202 valence electrons. The van der Waals surface area contributed by atoms with Gasteiger partial charge in [-0.2, -0.15) is 8.78 Å². The Morgan fingerprint density at radius 1 is 0.974 bits per heavy atom. The van der Waals surface area contributed by atoms with E-state index in [-0.39, 0.29) is 35.3 Å². The van der Waals surface area contributed by atoms with E-state index in [9.17, 15) is 13.6 Å². The summed E-state index contributed by atoms with van der Waals surface area (Å²) in [7, 11) is 2.06. The van der Waals surface area contributed by atoms with Gasteiger partial charge in [0.25, 0.3) is 5.89 Å². The molecule has 0 bridgehead atoms. The predicted octanol–water partition coefficient (Wildman–Crippen LogP) is 5.81. The third-order valence-electron chi connectivity index (χ3n) is 7.30. The average molecular weight is 538 g/mol. The molecule has 5 aromatic rings. The number of hydrogen-bond donors (Lipinski definition) is 0. The van der Waals surface area contributed by atoms with E-state index in [4.69, 9.17) is 8.83 Å². The number of benzene rings is 2. The molecular formula is C28H26F3N5O3. The molecule has 11 heteroatoms. The molecule has 2 aromatic carbocycles. The van der Waals surface area contributed by atoms with Crippen molar-refractivity contribution < 1.29 is 22.0 Å². The smallest absolute Gasteiger partial charge is 0.329 e. The first-order valence-electron chi connectivity index (χ1n) is 12.7. The first kappa shape index (κ1) is 25.2. The van der Waals surface area contributed by atoms with Crippen LogP contribution in [0.5, 0.6) is 0 Å². The summed E-state index contributed by atoms with van der Waals surface area (Å²) in [6.07, 6.45) is -1.25. The van der Waals surface area contributed by atoms with Crippen LogP contribution in [0.15, 0.2) is 62.2 Å². The van der Waals surface area contributed by atoms with Gasteiger partial charge in [-0.1, -0.05) is 6.07 Å². The van der Waals surface area contributed by atoms with Crippen molar-refractivity contribution in [1.29, 1.82) is 0 Å². The number of alkyl halides is 2.